The molecule has 1 aromatic carbocycles. The van der Waals surface area contributed by atoms with E-state index in [0.29, 0.717) is 12.4 Å². The van der Waals surface area contributed by atoms with E-state index < -0.39 is 0 Å². The number of benzene rings is 1. The molecule has 0 radical (unpaired) electrons. The second-order valence-electron chi connectivity index (χ2n) is 7.36. The normalized spacial score (nSPS) is 25.2. The van der Waals surface area contributed by atoms with Gasteiger partial charge in [0, 0.05) is 6.54 Å². The number of aromatic amines is 1. The van der Waals surface area contributed by atoms with Gasteiger partial charge in [-0.05, 0) is 43.4 Å². The maximum Gasteiger partial charge on any atom is 0.152 e. The lowest BCUT2D eigenvalue weighted by Crippen LogP contribution is -2.42. The van der Waals surface area contributed by atoms with Gasteiger partial charge in [0.15, 0.2) is 5.82 Å². The number of para-hydroxylation sites is 2. The molecule has 2 aromatic rings. The Labute approximate surface area is 148 Å². The number of nitriles is 1. The molecule has 2 heterocycles. The van der Waals surface area contributed by atoms with E-state index >= 15 is 0 Å². The number of H-pyrrole nitrogens is 1. The predicted octanol–water partition coefficient (Wildman–Crippen LogP) is 3.87. The molecule has 4 rings (SSSR count). The van der Waals surface area contributed by atoms with Gasteiger partial charge in [-0.25, -0.2) is 4.98 Å². The molecule has 0 bridgehead atoms. The van der Waals surface area contributed by atoms with Crippen LogP contribution in [-0.4, -0.2) is 39.6 Å². The van der Waals surface area contributed by atoms with Crippen molar-refractivity contribution in [2.75, 3.05) is 19.6 Å². The number of hydrogen-bond acceptors (Lipinski definition) is 4. The zero-order valence-corrected chi connectivity index (χ0v) is 14.4. The third-order valence-corrected chi connectivity index (χ3v) is 5.78. The number of likely N-dealkylation sites (tertiary alicyclic amines) is 1. The molecule has 0 spiro atoms. The fraction of sp³-hybridized carbons (Fsp3) is 0.500. The molecule has 5 nitrogen and oxygen atoms in total. The number of nitrogens with zero attached hydrogens (tertiary/aromatic N) is 3. The summed E-state index contributed by atoms with van der Waals surface area (Å²) in [4.78, 5) is 9.88. The summed E-state index contributed by atoms with van der Waals surface area (Å²) in [6.07, 6.45) is 6.59. The van der Waals surface area contributed by atoms with Crippen LogP contribution in [0.4, 0.5) is 0 Å². The van der Waals surface area contributed by atoms with Gasteiger partial charge in [0.1, 0.15) is 17.4 Å². The van der Waals surface area contributed by atoms with E-state index in [1.807, 2.05) is 24.3 Å². The summed E-state index contributed by atoms with van der Waals surface area (Å²) in [6.45, 7) is 2.47. The minimum Gasteiger partial charge on any atom is -0.509 e. The molecule has 2 N–H and O–H groups in total. The Balaban J connectivity index is 1.52. The van der Waals surface area contributed by atoms with Crippen LogP contribution in [0.5, 0.6) is 0 Å². The summed E-state index contributed by atoms with van der Waals surface area (Å²) in [5, 5.41) is 20.1. The van der Waals surface area contributed by atoms with Crippen molar-refractivity contribution in [1.82, 2.24) is 14.9 Å². The minimum absolute atomic E-state index is 0.121. The minimum atomic E-state index is 0.121. The summed E-state index contributed by atoms with van der Waals surface area (Å²) in [5.41, 5.74) is 1.93. The van der Waals surface area contributed by atoms with E-state index in [1.165, 1.54) is 32.1 Å². The number of nitrogens with one attached hydrogen (secondary N) is 1. The van der Waals surface area contributed by atoms with Gasteiger partial charge in [-0.2, -0.15) is 5.26 Å². The molecule has 2 atom stereocenters. The lowest BCUT2D eigenvalue weighted by atomic mass is 9.75. The molecule has 1 aromatic heterocycles. The summed E-state index contributed by atoms with van der Waals surface area (Å²) < 4.78 is 0. The molecule has 1 saturated heterocycles. The van der Waals surface area contributed by atoms with Crippen LogP contribution < -0.4 is 0 Å². The van der Waals surface area contributed by atoms with E-state index in [9.17, 15) is 10.4 Å². The van der Waals surface area contributed by atoms with Crippen molar-refractivity contribution in [3.05, 3.63) is 35.8 Å². The van der Waals surface area contributed by atoms with Gasteiger partial charge in [0.05, 0.1) is 17.6 Å². The average molecular weight is 336 g/mol. The van der Waals surface area contributed by atoms with Crippen LogP contribution in [0.3, 0.4) is 0 Å². The van der Waals surface area contributed by atoms with Crippen LogP contribution in [0.1, 0.15) is 37.9 Å². The second kappa shape index (κ2) is 6.89. The molecule has 1 saturated carbocycles. The fourth-order valence-corrected chi connectivity index (χ4v) is 4.44. The van der Waals surface area contributed by atoms with Crippen molar-refractivity contribution in [2.45, 2.75) is 32.1 Å². The van der Waals surface area contributed by atoms with Gasteiger partial charge in [0.25, 0.3) is 0 Å². The molecule has 25 heavy (non-hydrogen) atoms. The van der Waals surface area contributed by atoms with Crippen molar-refractivity contribution >= 4 is 16.6 Å². The zero-order valence-electron chi connectivity index (χ0n) is 14.4. The lowest BCUT2D eigenvalue weighted by molar-refractivity contribution is 0.0862. The van der Waals surface area contributed by atoms with Gasteiger partial charge in [-0.3, -0.25) is 4.90 Å². The van der Waals surface area contributed by atoms with Crippen LogP contribution in [-0.2, 0) is 0 Å². The first-order chi connectivity index (χ1) is 12.2. The third kappa shape index (κ3) is 3.27. The second-order valence-corrected chi connectivity index (χ2v) is 7.36. The average Bonchev–Trinajstić information content (AvgIpc) is 3.05. The number of piperidine rings is 1. The number of hydrogen-bond donors (Lipinski definition) is 2. The SMILES string of the molecule is N#C/C(=C(/O)CN1CC[C@H]2CCCC[C@@H]2C1)c1nc2ccccc2[nH]1. The molecule has 2 fully saturated rings. The monoisotopic (exact) mass is 336 g/mol. The Morgan fingerprint density at radius 3 is 2.84 bits per heavy atom. The fourth-order valence-electron chi connectivity index (χ4n) is 4.44. The Morgan fingerprint density at radius 1 is 1.24 bits per heavy atom. The maximum atomic E-state index is 10.6. The van der Waals surface area contributed by atoms with E-state index in [0.717, 1.165) is 36.0 Å². The molecule has 1 aliphatic heterocycles. The highest BCUT2D eigenvalue weighted by atomic mass is 16.3. The van der Waals surface area contributed by atoms with Gasteiger partial charge >= 0.3 is 0 Å². The van der Waals surface area contributed by atoms with E-state index in [4.69, 9.17) is 0 Å². The lowest BCUT2D eigenvalue weighted by Gasteiger charge is -2.41. The number of aliphatic hydroxyl groups excluding tert-OH is 1. The maximum absolute atomic E-state index is 10.6. The third-order valence-electron chi connectivity index (χ3n) is 5.78. The molecule has 0 amide bonds. The summed E-state index contributed by atoms with van der Waals surface area (Å²) in [5.74, 6) is 2.19. The number of aromatic nitrogens is 2. The highest BCUT2D eigenvalue weighted by Gasteiger charge is 2.31. The van der Waals surface area contributed by atoms with Gasteiger partial charge in [-0.15, -0.1) is 0 Å². The molecule has 2 aliphatic rings. The van der Waals surface area contributed by atoms with Gasteiger partial charge < -0.3 is 10.1 Å². The first-order valence-electron chi connectivity index (χ1n) is 9.24. The molecule has 5 heteroatoms. The quantitative estimate of drug-likeness (QED) is 0.659. The Bertz CT molecular complexity index is 799. The standard InChI is InChI=1S/C20H24N4O/c21-11-16(20-22-17-7-3-4-8-18(17)23-20)19(25)13-24-10-9-14-5-1-2-6-15(14)12-24/h3-4,7-8,14-15,25H,1-2,5-6,9-10,12-13H2,(H,22,23)/b19-16-/t14-,15-/m1/s1. The van der Waals surface area contributed by atoms with Crippen LogP contribution in [0.25, 0.3) is 16.6 Å². The number of fused-ring (bicyclic) bond motifs is 2. The Morgan fingerprint density at radius 2 is 2.04 bits per heavy atom. The van der Waals surface area contributed by atoms with Crippen molar-refractivity contribution in [3.63, 3.8) is 0 Å². The van der Waals surface area contributed by atoms with Crippen molar-refractivity contribution in [2.24, 2.45) is 11.8 Å². The number of imidazole rings is 1. The van der Waals surface area contributed by atoms with Crippen molar-refractivity contribution in [1.29, 1.82) is 5.26 Å². The molecule has 130 valence electrons. The van der Waals surface area contributed by atoms with Crippen molar-refractivity contribution < 1.29 is 5.11 Å². The van der Waals surface area contributed by atoms with Crippen LogP contribution in [0, 0.1) is 23.2 Å². The van der Waals surface area contributed by atoms with Crippen LogP contribution >= 0.6 is 0 Å². The van der Waals surface area contributed by atoms with Crippen LogP contribution in [0.2, 0.25) is 0 Å². The first kappa shape index (κ1) is 16.2. The zero-order chi connectivity index (χ0) is 17.2. The summed E-state index contributed by atoms with van der Waals surface area (Å²) in [7, 11) is 0. The van der Waals surface area contributed by atoms with Crippen molar-refractivity contribution in [3.8, 4) is 6.07 Å². The number of allylic oxidation sites excluding steroid dienone is 1. The van der Waals surface area contributed by atoms with E-state index in [-0.39, 0.29) is 11.3 Å². The predicted molar refractivity (Wildman–Crippen MR) is 97.8 cm³/mol. The number of aliphatic hydroxyl groups is 1. The summed E-state index contributed by atoms with van der Waals surface area (Å²) in [6, 6.07) is 9.79. The largest absolute Gasteiger partial charge is 0.509 e. The number of rotatable bonds is 3. The van der Waals surface area contributed by atoms with Gasteiger partial charge in [0.2, 0.25) is 0 Å². The van der Waals surface area contributed by atoms with Crippen LogP contribution in [0.15, 0.2) is 30.0 Å². The molecule has 1 aliphatic carbocycles. The molecular weight excluding hydrogens is 312 g/mol. The first-order valence-corrected chi connectivity index (χ1v) is 9.24. The Kier molecular flexibility index (Phi) is 4.46. The topological polar surface area (TPSA) is 75.9 Å². The Hall–Kier alpha value is -2.32. The highest BCUT2D eigenvalue weighted by Crippen LogP contribution is 2.36. The van der Waals surface area contributed by atoms with E-state index in [1.54, 1.807) is 0 Å². The highest BCUT2D eigenvalue weighted by molar-refractivity contribution is 5.82. The molecule has 0 unspecified atom stereocenters. The molecular formula is C20H24N4O. The van der Waals surface area contributed by atoms with E-state index in [2.05, 4.69) is 20.9 Å². The smallest absolute Gasteiger partial charge is 0.152 e. The van der Waals surface area contributed by atoms with Gasteiger partial charge in [-0.1, -0.05) is 31.4 Å². The summed E-state index contributed by atoms with van der Waals surface area (Å²) >= 11 is 0.